The number of nitrogens with one attached hydrogen (secondary N) is 1. The van der Waals surface area contributed by atoms with E-state index in [1.54, 1.807) is 18.2 Å². The van der Waals surface area contributed by atoms with Crippen molar-refractivity contribution in [3.63, 3.8) is 0 Å². The van der Waals surface area contributed by atoms with Crippen LogP contribution in [0.1, 0.15) is 16.7 Å². The summed E-state index contributed by atoms with van der Waals surface area (Å²) in [6.07, 6.45) is 0. The molecule has 0 aromatic heterocycles. The van der Waals surface area contributed by atoms with Crippen molar-refractivity contribution in [2.45, 2.75) is 19.8 Å². The molecule has 2 aromatic carbocycles. The van der Waals surface area contributed by atoms with Crippen LogP contribution >= 0.6 is 11.6 Å². The summed E-state index contributed by atoms with van der Waals surface area (Å²) >= 11 is 5.87. The molecule has 0 atom stereocenters. The summed E-state index contributed by atoms with van der Waals surface area (Å²) in [6.45, 7) is -0.980. The van der Waals surface area contributed by atoms with Gasteiger partial charge in [-0.25, -0.2) is 4.39 Å². The zero-order valence-electron chi connectivity index (χ0n) is 12.8. The highest BCUT2D eigenvalue weighted by molar-refractivity contribution is 6.30. The average molecular weight is 354 g/mol. The second kappa shape index (κ2) is 8.63. The minimum atomic E-state index is -0.596. The van der Waals surface area contributed by atoms with Crippen LogP contribution in [-0.4, -0.2) is 22.7 Å². The standard InChI is InChI=1S/C17H17ClFNO4/c18-14-3-1-2-11(4-14)7-20-16(23)10-24-17-12(8-21)5-15(19)6-13(17)9-22/h1-6,21-22H,7-10H2,(H,20,23). The zero-order chi connectivity index (χ0) is 17.5. The number of ether oxygens (including phenoxy) is 1. The van der Waals surface area contributed by atoms with Crippen LogP contribution in [-0.2, 0) is 24.6 Å². The Morgan fingerprint density at radius 3 is 2.42 bits per heavy atom. The minimum Gasteiger partial charge on any atom is -0.483 e. The van der Waals surface area contributed by atoms with E-state index in [4.69, 9.17) is 16.3 Å². The number of benzene rings is 2. The molecule has 0 bridgehead atoms. The van der Waals surface area contributed by atoms with E-state index in [0.717, 1.165) is 17.7 Å². The number of amides is 1. The van der Waals surface area contributed by atoms with Gasteiger partial charge >= 0.3 is 0 Å². The first-order valence-corrected chi connectivity index (χ1v) is 7.58. The first-order chi connectivity index (χ1) is 11.5. The number of hydrogen-bond acceptors (Lipinski definition) is 4. The third kappa shape index (κ3) is 4.92. The molecule has 0 saturated heterocycles. The normalized spacial score (nSPS) is 10.5. The van der Waals surface area contributed by atoms with Gasteiger partial charge in [0.2, 0.25) is 0 Å². The minimum absolute atomic E-state index is 0.110. The van der Waals surface area contributed by atoms with Crippen molar-refractivity contribution in [1.29, 1.82) is 0 Å². The number of halogens is 2. The van der Waals surface area contributed by atoms with Gasteiger partial charge in [-0.3, -0.25) is 4.79 Å². The van der Waals surface area contributed by atoms with E-state index >= 15 is 0 Å². The van der Waals surface area contributed by atoms with Crippen LogP contribution in [0.15, 0.2) is 36.4 Å². The molecule has 0 saturated carbocycles. The fraction of sp³-hybridized carbons (Fsp3) is 0.235. The summed E-state index contributed by atoms with van der Waals surface area (Å²) in [6, 6.07) is 9.26. The van der Waals surface area contributed by atoms with Gasteiger partial charge in [0.25, 0.3) is 5.91 Å². The zero-order valence-corrected chi connectivity index (χ0v) is 13.5. The topological polar surface area (TPSA) is 78.8 Å². The summed E-state index contributed by atoms with van der Waals surface area (Å²) in [5, 5.41) is 21.8. The Balaban J connectivity index is 1.96. The Hall–Kier alpha value is -2.15. The van der Waals surface area contributed by atoms with Gasteiger partial charge in [-0.1, -0.05) is 23.7 Å². The lowest BCUT2D eigenvalue weighted by atomic mass is 10.1. The molecule has 2 aromatic rings. The molecule has 24 heavy (non-hydrogen) atoms. The summed E-state index contributed by atoms with van der Waals surface area (Å²) in [5.74, 6) is -0.882. The maximum Gasteiger partial charge on any atom is 0.258 e. The molecule has 1 amide bonds. The van der Waals surface area contributed by atoms with E-state index in [9.17, 15) is 19.4 Å². The molecule has 0 radical (unpaired) electrons. The molecular weight excluding hydrogens is 337 g/mol. The predicted octanol–water partition coefficient (Wildman–Crippen LogP) is 2.16. The van der Waals surface area contributed by atoms with Crippen molar-refractivity contribution in [2.75, 3.05) is 6.61 Å². The van der Waals surface area contributed by atoms with E-state index in [2.05, 4.69) is 5.32 Å². The molecule has 5 nitrogen and oxygen atoms in total. The van der Waals surface area contributed by atoms with Crippen LogP contribution < -0.4 is 10.1 Å². The fourth-order valence-electron chi connectivity index (χ4n) is 2.17. The molecule has 3 N–H and O–H groups in total. The first-order valence-electron chi connectivity index (χ1n) is 7.20. The molecular formula is C17H17ClFNO4. The van der Waals surface area contributed by atoms with Crippen molar-refractivity contribution < 1.29 is 24.1 Å². The van der Waals surface area contributed by atoms with Gasteiger partial charge < -0.3 is 20.3 Å². The van der Waals surface area contributed by atoms with Crippen molar-refractivity contribution >= 4 is 17.5 Å². The summed E-state index contributed by atoms with van der Waals surface area (Å²) in [7, 11) is 0. The smallest absolute Gasteiger partial charge is 0.258 e. The van der Waals surface area contributed by atoms with Gasteiger partial charge in [-0.05, 0) is 29.8 Å². The van der Waals surface area contributed by atoms with Gasteiger partial charge in [0.05, 0.1) is 13.2 Å². The highest BCUT2D eigenvalue weighted by Crippen LogP contribution is 2.26. The lowest BCUT2D eigenvalue weighted by molar-refractivity contribution is -0.123. The van der Waals surface area contributed by atoms with E-state index in [0.29, 0.717) is 5.02 Å². The molecule has 2 rings (SSSR count). The second-order valence-corrected chi connectivity index (χ2v) is 5.50. The Kier molecular flexibility index (Phi) is 6.54. The maximum absolute atomic E-state index is 13.4. The Bertz CT molecular complexity index is 698. The number of aliphatic hydroxyl groups excluding tert-OH is 2. The maximum atomic E-state index is 13.4. The van der Waals surface area contributed by atoms with E-state index < -0.39 is 24.9 Å². The number of hydrogen-bond donors (Lipinski definition) is 3. The lowest BCUT2D eigenvalue weighted by Crippen LogP contribution is -2.28. The SMILES string of the molecule is O=C(COc1c(CO)cc(F)cc1CO)NCc1cccc(Cl)c1. The largest absolute Gasteiger partial charge is 0.483 e. The quantitative estimate of drug-likeness (QED) is 0.712. The van der Waals surface area contributed by atoms with E-state index in [1.807, 2.05) is 6.07 Å². The van der Waals surface area contributed by atoms with Crippen molar-refractivity contribution in [3.05, 3.63) is 63.9 Å². The predicted molar refractivity (Wildman–Crippen MR) is 87.0 cm³/mol. The van der Waals surface area contributed by atoms with Crippen molar-refractivity contribution in [3.8, 4) is 5.75 Å². The number of carbonyl (C=O) groups excluding carboxylic acids is 1. The number of aliphatic hydroxyl groups is 2. The van der Waals surface area contributed by atoms with Gasteiger partial charge in [0.1, 0.15) is 11.6 Å². The highest BCUT2D eigenvalue weighted by Gasteiger charge is 2.13. The van der Waals surface area contributed by atoms with Gasteiger partial charge in [-0.15, -0.1) is 0 Å². The average Bonchev–Trinajstić information content (AvgIpc) is 2.58. The van der Waals surface area contributed by atoms with Crippen LogP contribution in [0, 0.1) is 5.82 Å². The molecule has 0 unspecified atom stereocenters. The molecule has 7 heteroatoms. The molecule has 0 fully saturated rings. The third-order valence-electron chi connectivity index (χ3n) is 3.27. The molecule has 0 aliphatic rings. The van der Waals surface area contributed by atoms with Crippen LogP contribution in [0.25, 0.3) is 0 Å². The molecule has 0 aliphatic heterocycles. The Labute approximate surface area is 143 Å². The summed E-state index contributed by atoms with van der Waals surface area (Å²) in [5.41, 5.74) is 1.17. The van der Waals surface area contributed by atoms with E-state index in [1.165, 1.54) is 0 Å². The molecule has 0 heterocycles. The van der Waals surface area contributed by atoms with Crippen LogP contribution in [0.5, 0.6) is 5.75 Å². The first kappa shape index (κ1) is 18.2. The van der Waals surface area contributed by atoms with Crippen molar-refractivity contribution in [1.82, 2.24) is 5.32 Å². The third-order valence-corrected chi connectivity index (χ3v) is 3.51. The summed E-state index contributed by atoms with van der Waals surface area (Å²) < 4.78 is 18.7. The second-order valence-electron chi connectivity index (χ2n) is 5.06. The van der Waals surface area contributed by atoms with E-state index in [-0.39, 0.29) is 30.0 Å². The number of rotatable bonds is 7. The van der Waals surface area contributed by atoms with Crippen LogP contribution in [0.2, 0.25) is 5.02 Å². The Morgan fingerprint density at radius 2 is 1.83 bits per heavy atom. The molecule has 128 valence electrons. The van der Waals surface area contributed by atoms with Gasteiger partial charge in [-0.2, -0.15) is 0 Å². The van der Waals surface area contributed by atoms with Crippen LogP contribution in [0.3, 0.4) is 0 Å². The Morgan fingerprint density at radius 1 is 1.17 bits per heavy atom. The monoisotopic (exact) mass is 353 g/mol. The lowest BCUT2D eigenvalue weighted by Gasteiger charge is -2.14. The van der Waals surface area contributed by atoms with Crippen LogP contribution in [0.4, 0.5) is 4.39 Å². The fourth-order valence-corrected chi connectivity index (χ4v) is 2.38. The molecule has 0 aliphatic carbocycles. The highest BCUT2D eigenvalue weighted by atomic mass is 35.5. The molecule has 0 spiro atoms. The summed E-state index contributed by atoms with van der Waals surface area (Å²) in [4.78, 5) is 11.9. The number of carbonyl (C=O) groups is 1. The van der Waals surface area contributed by atoms with Crippen molar-refractivity contribution in [2.24, 2.45) is 0 Å². The van der Waals surface area contributed by atoms with Gasteiger partial charge in [0, 0.05) is 22.7 Å². The van der Waals surface area contributed by atoms with Gasteiger partial charge in [0.15, 0.2) is 6.61 Å².